The summed E-state index contributed by atoms with van der Waals surface area (Å²) >= 11 is 0. The number of hydrogen-bond donors (Lipinski definition) is 1. The van der Waals surface area contributed by atoms with Gasteiger partial charge in [-0.15, -0.1) is 5.10 Å². The Morgan fingerprint density at radius 1 is 1.35 bits per heavy atom. The Morgan fingerprint density at radius 3 is 2.47 bits per heavy atom. The van der Waals surface area contributed by atoms with Gasteiger partial charge in [-0.05, 0) is 23.3 Å². The van der Waals surface area contributed by atoms with Crippen LogP contribution in [0, 0.1) is 5.41 Å². The molecule has 0 saturated carbocycles. The monoisotopic (exact) mass is 237 g/mol. The quantitative estimate of drug-likeness (QED) is 0.789. The summed E-state index contributed by atoms with van der Waals surface area (Å²) in [6.45, 7) is 7.47. The molecule has 1 saturated heterocycles. The molecule has 1 aliphatic rings. The maximum atomic E-state index is 12.1. The van der Waals surface area contributed by atoms with Crippen molar-refractivity contribution >= 4 is 5.91 Å². The number of amides is 1. The standard InChI is InChI=1S/C11H19N5O/c1-11(2,3)10(17)16-6-4-8(5-7-16)9-12-14-15-13-9/h8H,4-7H2,1-3H3,(H,12,13,14,15). The van der Waals surface area contributed by atoms with Gasteiger partial charge >= 0.3 is 0 Å². The predicted molar refractivity (Wildman–Crippen MR) is 62.2 cm³/mol. The third kappa shape index (κ3) is 2.62. The zero-order valence-electron chi connectivity index (χ0n) is 10.6. The highest BCUT2D eigenvalue weighted by molar-refractivity contribution is 5.81. The van der Waals surface area contributed by atoms with Crippen LogP contribution in [0.5, 0.6) is 0 Å². The average Bonchev–Trinajstić information content (AvgIpc) is 2.80. The molecule has 94 valence electrons. The minimum absolute atomic E-state index is 0.228. The van der Waals surface area contributed by atoms with Crippen molar-refractivity contribution in [3.8, 4) is 0 Å². The zero-order valence-corrected chi connectivity index (χ0v) is 10.6. The maximum absolute atomic E-state index is 12.1. The van der Waals surface area contributed by atoms with Crippen molar-refractivity contribution in [1.29, 1.82) is 0 Å². The van der Waals surface area contributed by atoms with Gasteiger partial charge in [-0.1, -0.05) is 20.8 Å². The number of tetrazole rings is 1. The molecule has 1 aromatic rings. The van der Waals surface area contributed by atoms with Crippen LogP contribution in [0.15, 0.2) is 0 Å². The number of aromatic nitrogens is 4. The van der Waals surface area contributed by atoms with E-state index >= 15 is 0 Å². The van der Waals surface area contributed by atoms with Gasteiger partial charge in [-0.2, -0.15) is 0 Å². The van der Waals surface area contributed by atoms with Gasteiger partial charge in [-0.25, -0.2) is 5.10 Å². The number of nitrogens with one attached hydrogen (secondary N) is 1. The Balaban J connectivity index is 1.93. The van der Waals surface area contributed by atoms with Crippen molar-refractivity contribution in [3.05, 3.63) is 5.82 Å². The molecule has 1 aromatic heterocycles. The van der Waals surface area contributed by atoms with Gasteiger partial charge in [0.25, 0.3) is 0 Å². The lowest BCUT2D eigenvalue weighted by atomic mass is 9.91. The third-order valence-corrected chi connectivity index (χ3v) is 3.17. The Hall–Kier alpha value is -1.46. The molecule has 1 amide bonds. The smallest absolute Gasteiger partial charge is 0.227 e. The van der Waals surface area contributed by atoms with Crippen LogP contribution < -0.4 is 0 Å². The van der Waals surface area contributed by atoms with Gasteiger partial charge in [-0.3, -0.25) is 4.79 Å². The summed E-state index contributed by atoms with van der Waals surface area (Å²) in [5, 5.41) is 13.9. The highest BCUT2D eigenvalue weighted by Gasteiger charge is 2.31. The SMILES string of the molecule is CC(C)(C)C(=O)N1CCC(c2nnn[nH]2)CC1. The summed E-state index contributed by atoms with van der Waals surface area (Å²) in [5.41, 5.74) is -0.291. The van der Waals surface area contributed by atoms with Crippen LogP contribution in [0.4, 0.5) is 0 Å². The van der Waals surface area contributed by atoms with Gasteiger partial charge in [0.15, 0.2) is 5.82 Å². The number of nitrogens with zero attached hydrogens (tertiary/aromatic N) is 4. The molecule has 2 heterocycles. The van der Waals surface area contributed by atoms with Crippen molar-refractivity contribution in [2.45, 2.75) is 39.5 Å². The number of likely N-dealkylation sites (tertiary alicyclic amines) is 1. The van der Waals surface area contributed by atoms with E-state index in [1.807, 2.05) is 25.7 Å². The molecular formula is C11H19N5O. The number of piperidine rings is 1. The summed E-state index contributed by atoms with van der Waals surface area (Å²) in [6.07, 6.45) is 1.86. The molecule has 6 nitrogen and oxygen atoms in total. The Labute approximate surface area is 101 Å². The number of hydrogen-bond acceptors (Lipinski definition) is 4. The topological polar surface area (TPSA) is 74.8 Å². The largest absolute Gasteiger partial charge is 0.342 e. The van der Waals surface area contributed by atoms with Gasteiger partial charge in [0.2, 0.25) is 5.91 Å². The van der Waals surface area contributed by atoms with Crippen LogP contribution in [-0.4, -0.2) is 44.5 Å². The van der Waals surface area contributed by atoms with Crippen molar-refractivity contribution in [3.63, 3.8) is 0 Å². The predicted octanol–water partition coefficient (Wildman–Crippen LogP) is 0.952. The number of rotatable bonds is 1. The van der Waals surface area contributed by atoms with Crippen LogP contribution in [0.1, 0.15) is 45.4 Å². The van der Waals surface area contributed by atoms with Crippen molar-refractivity contribution in [1.82, 2.24) is 25.5 Å². The van der Waals surface area contributed by atoms with E-state index in [9.17, 15) is 4.79 Å². The molecule has 17 heavy (non-hydrogen) atoms. The zero-order chi connectivity index (χ0) is 12.5. The van der Waals surface area contributed by atoms with Gasteiger partial charge in [0, 0.05) is 24.4 Å². The molecule has 0 radical (unpaired) electrons. The van der Waals surface area contributed by atoms with Crippen LogP contribution in [0.2, 0.25) is 0 Å². The van der Waals surface area contributed by atoms with Gasteiger partial charge < -0.3 is 4.90 Å². The molecule has 0 bridgehead atoms. The fraction of sp³-hybridized carbons (Fsp3) is 0.818. The first-order valence-electron chi connectivity index (χ1n) is 6.01. The molecule has 1 N–H and O–H groups in total. The highest BCUT2D eigenvalue weighted by Crippen LogP contribution is 2.27. The Morgan fingerprint density at radius 2 is 2.00 bits per heavy atom. The minimum atomic E-state index is -0.291. The lowest BCUT2D eigenvalue weighted by Crippen LogP contribution is -2.43. The second kappa shape index (κ2) is 4.43. The molecule has 1 aliphatic heterocycles. The van der Waals surface area contributed by atoms with E-state index < -0.39 is 0 Å². The lowest BCUT2D eigenvalue weighted by molar-refractivity contribution is -0.140. The van der Waals surface area contributed by atoms with Crippen molar-refractivity contribution < 1.29 is 4.79 Å². The van der Waals surface area contributed by atoms with Crippen LogP contribution in [0.3, 0.4) is 0 Å². The third-order valence-electron chi connectivity index (χ3n) is 3.17. The molecule has 6 heteroatoms. The Kier molecular flexibility index (Phi) is 3.13. The molecule has 0 aromatic carbocycles. The molecule has 0 atom stereocenters. The first-order chi connectivity index (χ1) is 7.98. The first kappa shape index (κ1) is 12.0. The fourth-order valence-corrected chi connectivity index (χ4v) is 2.17. The molecule has 2 rings (SSSR count). The molecule has 1 fully saturated rings. The van der Waals surface area contributed by atoms with Crippen molar-refractivity contribution in [2.24, 2.45) is 5.41 Å². The number of carbonyl (C=O) groups excluding carboxylic acids is 1. The number of aromatic amines is 1. The molecule has 0 spiro atoms. The first-order valence-corrected chi connectivity index (χ1v) is 6.01. The summed E-state index contributed by atoms with van der Waals surface area (Å²) in [5.74, 6) is 1.42. The molecule has 0 aliphatic carbocycles. The van der Waals surface area contributed by atoms with Crippen LogP contribution >= 0.6 is 0 Å². The molecular weight excluding hydrogens is 218 g/mol. The summed E-state index contributed by atoms with van der Waals surface area (Å²) in [7, 11) is 0. The summed E-state index contributed by atoms with van der Waals surface area (Å²) < 4.78 is 0. The second-order valence-electron chi connectivity index (χ2n) is 5.60. The number of carbonyl (C=O) groups is 1. The second-order valence-corrected chi connectivity index (χ2v) is 5.60. The minimum Gasteiger partial charge on any atom is -0.342 e. The fourth-order valence-electron chi connectivity index (χ4n) is 2.17. The van der Waals surface area contributed by atoms with E-state index in [1.165, 1.54) is 0 Å². The van der Waals surface area contributed by atoms with Crippen molar-refractivity contribution in [2.75, 3.05) is 13.1 Å². The van der Waals surface area contributed by atoms with Gasteiger partial charge in [0.05, 0.1) is 0 Å². The van der Waals surface area contributed by atoms with Gasteiger partial charge in [0.1, 0.15) is 0 Å². The maximum Gasteiger partial charge on any atom is 0.227 e. The average molecular weight is 237 g/mol. The van der Waals surface area contributed by atoms with E-state index in [2.05, 4.69) is 20.6 Å². The van der Waals surface area contributed by atoms with Crippen LogP contribution in [-0.2, 0) is 4.79 Å². The number of H-pyrrole nitrogens is 1. The van der Waals surface area contributed by atoms with Crippen LogP contribution in [0.25, 0.3) is 0 Å². The van der Waals surface area contributed by atoms with E-state index in [1.54, 1.807) is 0 Å². The van der Waals surface area contributed by atoms with E-state index in [-0.39, 0.29) is 11.3 Å². The highest BCUT2D eigenvalue weighted by atomic mass is 16.2. The lowest BCUT2D eigenvalue weighted by Gasteiger charge is -2.34. The van der Waals surface area contributed by atoms with E-state index in [0.717, 1.165) is 31.8 Å². The van der Waals surface area contributed by atoms with E-state index in [0.29, 0.717) is 5.92 Å². The van der Waals surface area contributed by atoms with E-state index in [4.69, 9.17) is 0 Å². The summed E-state index contributed by atoms with van der Waals surface area (Å²) in [4.78, 5) is 14.0. The Bertz CT molecular complexity index is 373. The normalized spacial score (nSPS) is 18.4. The summed E-state index contributed by atoms with van der Waals surface area (Å²) in [6, 6.07) is 0. The molecule has 0 unspecified atom stereocenters.